The Morgan fingerprint density at radius 1 is 1.59 bits per heavy atom. The van der Waals surface area contributed by atoms with Crippen molar-refractivity contribution in [2.75, 3.05) is 12.8 Å². The van der Waals surface area contributed by atoms with E-state index in [1.54, 1.807) is 19.4 Å². The summed E-state index contributed by atoms with van der Waals surface area (Å²) in [6, 6.07) is 3.85. The van der Waals surface area contributed by atoms with E-state index < -0.39 is 15.5 Å². The molecule has 1 aromatic heterocycles. The standard InChI is InChI=1S/C12H16N2OS2/c1-13-11(16)12(6-2-3-8-17(12)15)10-5-4-7-14-9-10/h4-5,7,9H,2-3,6,8H2,1H3,(H,13,16)/t12-,17+/m0/s1. The van der Waals surface area contributed by atoms with Gasteiger partial charge in [-0.1, -0.05) is 24.7 Å². The summed E-state index contributed by atoms with van der Waals surface area (Å²) in [5.41, 5.74) is 0.970. The molecule has 1 saturated heterocycles. The van der Waals surface area contributed by atoms with Gasteiger partial charge in [-0.15, -0.1) is 0 Å². The van der Waals surface area contributed by atoms with Gasteiger partial charge in [0.15, 0.2) is 0 Å². The maximum Gasteiger partial charge on any atom is 0.122 e. The Morgan fingerprint density at radius 3 is 3.00 bits per heavy atom. The lowest BCUT2D eigenvalue weighted by Gasteiger charge is -2.36. The van der Waals surface area contributed by atoms with Gasteiger partial charge in [-0.25, -0.2) is 0 Å². The van der Waals surface area contributed by atoms with Crippen LogP contribution in [0.4, 0.5) is 0 Å². The third-order valence-corrected chi connectivity index (χ3v) is 5.98. The SMILES string of the molecule is CNC(=S)[C@@]1(c2cccnc2)CCCC[S@]1=O. The number of likely N-dealkylation sites (N-methyl/N-ethyl adjacent to an activating group) is 1. The van der Waals surface area contributed by atoms with Crippen LogP contribution < -0.4 is 5.32 Å². The highest BCUT2D eigenvalue weighted by atomic mass is 32.2. The van der Waals surface area contributed by atoms with Crippen molar-refractivity contribution >= 4 is 28.0 Å². The monoisotopic (exact) mass is 268 g/mol. The van der Waals surface area contributed by atoms with Gasteiger partial charge in [0, 0.05) is 36.0 Å². The fourth-order valence-electron chi connectivity index (χ4n) is 2.32. The molecule has 2 heterocycles. The van der Waals surface area contributed by atoms with Crippen LogP contribution in [0.1, 0.15) is 24.8 Å². The van der Waals surface area contributed by atoms with E-state index in [1.807, 2.05) is 12.1 Å². The van der Waals surface area contributed by atoms with E-state index in [0.717, 1.165) is 30.6 Å². The van der Waals surface area contributed by atoms with Gasteiger partial charge in [0.05, 0.1) is 4.99 Å². The highest BCUT2D eigenvalue weighted by Gasteiger charge is 2.44. The van der Waals surface area contributed by atoms with Crippen LogP contribution in [0.5, 0.6) is 0 Å². The van der Waals surface area contributed by atoms with Crippen molar-refractivity contribution in [3.63, 3.8) is 0 Å². The number of hydrogen-bond acceptors (Lipinski definition) is 3. The van der Waals surface area contributed by atoms with Crippen molar-refractivity contribution < 1.29 is 4.21 Å². The van der Waals surface area contributed by atoms with Crippen LogP contribution in [0.25, 0.3) is 0 Å². The molecule has 1 N–H and O–H groups in total. The molecule has 1 aliphatic rings. The van der Waals surface area contributed by atoms with Gasteiger partial charge in [-0.2, -0.15) is 0 Å². The van der Waals surface area contributed by atoms with Gasteiger partial charge in [-0.05, 0) is 24.5 Å². The first-order valence-electron chi connectivity index (χ1n) is 5.73. The van der Waals surface area contributed by atoms with Crippen LogP contribution in [0.2, 0.25) is 0 Å². The molecule has 5 heteroatoms. The van der Waals surface area contributed by atoms with Gasteiger partial charge in [-0.3, -0.25) is 9.19 Å². The van der Waals surface area contributed by atoms with Crippen molar-refractivity contribution in [2.24, 2.45) is 0 Å². The molecule has 0 amide bonds. The zero-order valence-electron chi connectivity index (χ0n) is 9.81. The lowest BCUT2D eigenvalue weighted by atomic mass is 9.93. The number of hydrogen-bond donors (Lipinski definition) is 1. The third-order valence-electron chi connectivity index (χ3n) is 3.22. The Kier molecular flexibility index (Phi) is 3.89. The Morgan fingerprint density at radius 2 is 2.41 bits per heavy atom. The molecule has 0 bridgehead atoms. The summed E-state index contributed by atoms with van der Waals surface area (Å²) in [6.07, 6.45) is 6.42. The Hall–Kier alpha value is -0.810. The average molecular weight is 268 g/mol. The van der Waals surface area contributed by atoms with Crippen molar-refractivity contribution in [1.29, 1.82) is 0 Å². The number of rotatable bonds is 2. The largest absolute Gasteiger partial charge is 0.381 e. The molecule has 0 spiro atoms. The van der Waals surface area contributed by atoms with Crippen LogP contribution in [0.15, 0.2) is 24.5 Å². The second kappa shape index (κ2) is 5.23. The number of thiocarbonyl (C=S) groups is 1. The van der Waals surface area contributed by atoms with E-state index in [1.165, 1.54) is 0 Å². The molecule has 0 unspecified atom stereocenters. The Balaban J connectivity index is 2.50. The van der Waals surface area contributed by atoms with E-state index in [2.05, 4.69) is 10.3 Å². The van der Waals surface area contributed by atoms with Crippen LogP contribution in [0, 0.1) is 0 Å². The zero-order chi connectivity index (χ0) is 12.3. The van der Waals surface area contributed by atoms with Gasteiger partial charge < -0.3 is 5.32 Å². The van der Waals surface area contributed by atoms with Crippen LogP contribution in [-0.4, -0.2) is 27.0 Å². The van der Waals surface area contributed by atoms with Gasteiger partial charge in [0.25, 0.3) is 0 Å². The molecule has 0 saturated carbocycles. The Labute approximate surface area is 109 Å². The molecule has 0 aromatic carbocycles. The topological polar surface area (TPSA) is 42.0 Å². The molecule has 2 rings (SSSR count). The molecule has 17 heavy (non-hydrogen) atoms. The smallest absolute Gasteiger partial charge is 0.122 e. The minimum Gasteiger partial charge on any atom is -0.381 e. The molecule has 1 fully saturated rings. The number of aromatic nitrogens is 1. The number of nitrogens with one attached hydrogen (secondary N) is 1. The molecule has 0 aliphatic carbocycles. The maximum atomic E-state index is 12.5. The fourth-order valence-corrected chi connectivity index (χ4v) is 4.70. The summed E-state index contributed by atoms with van der Waals surface area (Å²) in [5.74, 6) is 0.719. The highest BCUT2D eigenvalue weighted by Crippen LogP contribution is 2.38. The molecular weight excluding hydrogens is 252 g/mol. The van der Waals surface area contributed by atoms with Crippen molar-refractivity contribution in [1.82, 2.24) is 10.3 Å². The fraction of sp³-hybridized carbons (Fsp3) is 0.500. The van der Waals surface area contributed by atoms with Gasteiger partial charge >= 0.3 is 0 Å². The molecule has 3 nitrogen and oxygen atoms in total. The molecule has 1 aromatic rings. The predicted octanol–water partition coefficient (Wildman–Crippen LogP) is 1.76. The van der Waals surface area contributed by atoms with Crippen LogP contribution in [-0.2, 0) is 15.5 Å². The second-order valence-electron chi connectivity index (χ2n) is 4.15. The molecule has 92 valence electrons. The van der Waals surface area contributed by atoms with Crippen molar-refractivity contribution in [3.05, 3.63) is 30.1 Å². The second-order valence-corrected chi connectivity index (χ2v) is 6.36. The highest BCUT2D eigenvalue weighted by molar-refractivity contribution is 7.90. The minimum absolute atomic E-state index is 0.531. The first-order chi connectivity index (χ1) is 8.21. The van der Waals surface area contributed by atoms with Gasteiger partial charge in [0.2, 0.25) is 0 Å². The summed E-state index contributed by atoms with van der Waals surface area (Å²) >= 11 is 5.41. The first kappa shape index (κ1) is 12.6. The lowest BCUT2D eigenvalue weighted by Crippen LogP contribution is -2.48. The molecule has 2 atom stereocenters. The van der Waals surface area contributed by atoms with E-state index in [9.17, 15) is 4.21 Å². The minimum atomic E-state index is -0.961. The van der Waals surface area contributed by atoms with E-state index in [4.69, 9.17) is 12.2 Å². The van der Waals surface area contributed by atoms with Gasteiger partial charge in [0.1, 0.15) is 4.75 Å². The van der Waals surface area contributed by atoms with Crippen molar-refractivity contribution in [3.8, 4) is 0 Å². The zero-order valence-corrected chi connectivity index (χ0v) is 11.4. The van der Waals surface area contributed by atoms with Crippen molar-refractivity contribution in [2.45, 2.75) is 24.0 Å². The number of nitrogens with zero attached hydrogens (tertiary/aromatic N) is 1. The quantitative estimate of drug-likeness (QED) is 0.830. The summed E-state index contributed by atoms with van der Waals surface area (Å²) < 4.78 is 11.9. The van der Waals surface area contributed by atoms with Crippen LogP contribution in [0.3, 0.4) is 0 Å². The third kappa shape index (κ3) is 2.13. The molecule has 1 aliphatic heterocycles. The summed E-state index contributed by atoms with van der Waals surface area (Å²) in [4.78, 5) is 4.80. The van der Waals surface area contributed by atoms with Crippen LogP contribution >= 0.6 is 12.2 Å². The van der Waals surface area contributed by atoms with E-state index in [-0.39, 0.29) is 0 Å². The predicted molar refractivity (Wildman–Crippen MR) is 74.4 cm³/mol. The summed E-state index contributed by atoms with van der Waals surface area (Å²) in [6.45, 7) is 0. The van der Waals surface area contributed by atoms with E-state index >= 15 is 0 Å². The molecule has 0 radical (unpaired) electrons. The van der Waals surface area contributed by atoms with E-state index in [0.29, 0.717) is 4.99 Å². The molecular formula is C12H16N2OS2. The number of pyridine rings is 1. The Bertz CT molecular complexity index is 425. The first-order valence-corrected chi connectivity index (χ1v) is 7.45. The summed E-state index contributed by atoms with van der Waals surface area (Å²) in [7, 11) is 0.837. The maximum absolute atomic E-state index is 12.5. The average Bonchev–Trinajstić information content (AvgIpc) is 2.39. The summed E-state index contributed by atoms with van der Waals surface area (Å²) in [5, 5.41) is 3.02. The lowest BCUT2D eigenvalue weighted by molar-refractivity contribution is 0.573. The normalized spacial score (nSPS) is 28.6.